The molecule has 1 fully saturated rings. The highest BCUT2D eigenvalue weighted by atomic mass is 35.5. The van der Waals surface area contributed by atoms with Gasteiger partial charge in [0, 0.05) is 65.7 Å². The molecule has 4 nitrogen and oxygen atoms in total. The zero-order valence-electron chi connectivity index (χ0n) is 16.6. The van der Waals surface area contributed by atoms with Gasteiger partial charge in [-0.1, -0.05) is 35.3 Å². The standard InChI is InChI=1S/C23H21Cl2F2N3O/c24-17-11-16(12-18(25)13-17)20-19(4-2-8-29-20)22(31)21(15-3-1-7-28-14-15)30-9-5-23(26,27)6-10-30/h1-4,7-8,11-14,21-22,31H,5-6,9-10H2/t21-,22+/m0/s1. The average Bonchev–Trinajstić information content (AvgIpc) is 2.75. The lowest BCUT2D eigenvalue weighted by molar-refractivity contribution is -0.0766. The minimum absolute atomic E-state index is 0.169. The van der Waals surface area contributed by atoms with Crippen LogP contribution in [0.5, 0.6) is 0 Å². The minimum atomic E-state index is -2.68. The Morgan fingerprint density at radius 1 is 1.00 bits per heavy atom. The molecule has 1 aliphatic rings. The molecule has 0 spiro atoms. The molecule has 2 aromatic heterocycles. The van der Waals surface area contributed by atoms with E-state index in [-0.39, 0.29) is 25.9 Å². The number of piperidine rings is 1. The van der Waals surface area contributed by atoms with Crippen LogP contribution in [0.4, 0.5) is 8.78 Å². The van der Waals surface area contributed by atoms with Crippen LogP contribution in [0.25, 0.3) is 11.3 Å². The van der Waals surface area contributed by atoms with Crippen molar-refractivity contribution in [3.63, 3.8) is 0 Å². The molecular weight excluding hydrogens is 443 g/mol. The lowest BCUT2D eigenvalue weighted by Gasteiger charge is -2.40. The normalized spacial score (nSPS) is 18.5. The van der Waals surface area contributed by atoms with Gasteiger partial charge in [0.25, 0.3) is 5.92 Å². The molecule has 8 heteroatoms. The summed E-state index contributed by atoms with van der Waals surface area (Å²) < 4.78 is 27.6. The van der Waals surface area contributed by atoms with Gasteiger partial charge in [-0.05, 0) is 35.9 Å². The highest BCUT2D eigenvalue weighted by Gasteiger charge is 2.39. The maximum Gasteiger partial charge on any atom is 0.250 e. The molecule has 0 bridgehead atoms. The van der Waals surface area contributed by atoms with Gasteiger partial charge < -0.3 is 5.11 Å². The summed E-state index contributed by atoms with van der Waals surface area (Å²) in [7, 11) is 0. The van der Waals surface area contributed by atoms with Crippen molar-refractivity contribution >= 4 is 23.2 Å². The summed E-state index contributed by atoms with van der Waals surface area (Å²) >= 11 is 12.4. The van der Waals surface area contributed by atoms with Gasteiger partial charge >= 0.3 is 0 Å². The Kier molecular flexibility index (Phi) is 6.53. The number of halogens is 4. The van der Waals surface area contributed by atoms with E-state index in [1.54, 1.807) is 55.0 Å². The second-order valence-corrected chi connectivity index (χ2v) is 8.54. The van der Waals surface area contributed by atoms with Crippen LogP contribution in [0.3, 0.4) is 0 Å². The Labute approximate surface area is 189 Å². The molecule has 1 saturated heterocycles. The molecule has 0 amide bonds. The number of aliphatic hydroxyl groups is 1. The van der Waals surface area contributed by atoms with Crippen LogP contribution in [0.2, 0.25) is 10.0 Å². The Bertz CT molecular complexity index is 1020. The number of alkyl halides is 2. The van der Waals surface area contributed by atoms with Crippen LogP contribution >= 0.6 is 23.2 Å². The van der Waals surface area contributed by atoms with Gasteiger partial charge in [0.1, 0.15) is 6.10 Å². The van der Waals surface area contributed by atoms with Crippen molar-refractivity contribution in [1.82, 2.24) is 14.9 Å². The van der Waals surface area contributed by atoms with Crippen molar-refractivity contribution in [2.75, 3.05) is 13.1 Å². The maximum absolute atomic E-state index is 13.8. The summed E-state index contributed by atoms with van der Waals surface area (Å²) in [6.07, 6.45) is 3.40. The lowest BCUT2D eigenvalue weighted by atomic mass is 9.91. The van der Waals surface area contributed by atoms with Gasteiger partial charge in [0.2, 0.25) is 0 Å². The molecule has 0 saturated carbocycles. The highest BCUT2D eigenvalue weighted by Crippen LogP contribution is 2.41. The summed E-state index contributed by atoms with van der Waals surface area (Å²) in [5, 5.41) is 12.4. The van der Waals surface area contributed by atoms with Gasteiger partial charge in [-0.15, -0.1) is 0 Å². The van der Waals surface area contributed by atoms with Gasteiger partial charge in [-0.2, -0.15) is 0 Å². The second-order valence-electron chi connectivity index (χ2n) is 7.67. The Morgan fingerprint density at radius 3 is 2.32 bits per heavy atom. The van der Waals surface area contributed by atoms with Crippen LogP contribution < -0.4 is 0 Å². The van der Waals surface area contributed by atoms with Crippen molar-refractivity contribution in [3.05, 3.63) is 82.2 Å². The number of pyridine rings is 2. The molecule has 4 rings (SSSR count). The number of hydrogen-bond acceptors (Lipinski definition) is 4. The second kappa shape index (κ2) is 9.17. The number of likely N-dealkylation sites (tertiary alicyclic amines) is 1. The Morgan fingerprint density at radius 2 is 1.68 bits per heavy atom. The molecule has 0 unspecified atom stereocenters. The topological polar surface area (TPSA) is 49.3 Å². The van der Waals surface area contributed by atoms with Crippen LogP contribution in [-0.2, 0) is 0 Å². The molecule has 1 N–H and O–H groups in total. The summed E-state index contributed by atoms with van der Waals surface area (Å²) in [5.74, 6) is -2.68. The van der Waals surface area contributed by atoms with Crippen molar-refractivity contribution in [1.29, 1.82) is 0 Å². The van der Waals surface area contributed by atoms with Gasteiger partial charge in [-0.25, -0.2) is 8.78 Å². The van der Waals surface area contributed by atoms with Gasteiger partial charge in [-0.3, -0.25) is 14.9 Å². The molecule has 31 heavy (non-hydrogen) atoms. The van der Waals surface area contributed by atoms with E-state index in [2.05, 4.69) is 9.97 Å². The van der Waals surface area contributed by atoms with E-state index >= 15 is 0 Å². The van der Waals surface area contributed by atoms with Crippen molar-refractivity contribution in [2.24, 2.45) is 0 Å². The molecule has 1 aromatic carbocycles. The van der Waals surface area contributed by atoms with Crippen molar-refractivity contribution in [3.8, 4) is 11.3 Å². The number of benzene rings is 1. The molecule has 162 valence electrons. The van der Waals surface area contributed by atoms with E-state index in [0.29, 0.717) is 26.9 Å². The summed E-state index contributed by atoms with van der Waals surface area (Å²) in [6, 6.07) is 11.7. The first-order valence-electron chi connectivity index (χ1n) is 9.95. The lowest BCUT2D eigenvalue weighted by Crippen LogP contribution is -2.43. The zero-order chi connectivity index (χ0) is 22.0. The van der Waals surface area contributed by atoms with Crippen molar-refractivity contribution < 1.29 is 13.9 Å². The largest absolute Gasteiger partial charge is 0.386 e. The zero-order valence-corrected chi connectivity index (χ0v) is 18.1. The number of nitrogens with zero attached hydrogens (tertiary/aromatic N) is 3. The third kappa shape index (κ3) is 5.04. The quantitative estimate of drug-likeness (QED) is 0.507. The monoisotopic (exact) mass is 463 g/mol. The van der Waals surface area contributed by atoms with Gasteiger partial charge in [0.15, 0.2) is 0 Å². The number of aromatic nitrogens is 2. The first-order valence-corrected chi connectivity index (χ1v) is 10.7. The molecule has 0 radical (unpaired) electrons. The van der Waals surface area contributed by atoms with Crippen LogP contribution in [-0.4, -0.2) is 39.0 Å². The smallest absolute Gasteiger partial charge is 0.250 e. The third-order valence-electron chi connectivity index (χ3n) is 5.54. The minimum Gasteiger partial charge on any atom is -0.386 e. The molecule has 3 heterocycles. The van der Waals surface area contributed by atoms with Crippen LogP contribution in [0.15, 0.2) is 61.1 Å². The maximum atomic E-state index is 13.8. The van der Waals surface area contributed by atoms with E-state index in [9.17, 15) is 13.9 Å². The average molecular weight is 464 g/mol. The van der Waals surface area contributed by atoms with E-state index in [1.807, 2.05) is 11.0 Å². The number of rotatable bonds is 5. The summed E-state index contributed by atoms with van der Waals surface area (Å²) in [4.78, 5) is 10.5. The number of hydrogen-bond donors (Lipinski definition) is 1. The fourth-order valence-corrected chi connectivity index (χ4v) is 4.56. The van der Waals surface area contributed by atoms with Crippen molar-refractivity contribution in [2.45, 2.75) is 30.9 Å². The Balaban J connectivity index is 1.75. The van der Waals surface area contributed by atoms with E-state index in [0.717, 1.165) is 5.56 Å². The third-order valence-corrected chi connectivity index (χ3v) is 5.98. The summed E-state index contributed by atoms with van der Waals surface area (Å²) in [5.41, 5.74) is 2.52. The van der Waals surface area contributed by atoms with E-state index in [4.69, 9.17) is 23.2 Å². The molecular formula is C23H21Cl2F2N3O. The molecule has 3 aromatic rings. The predicted octanol–water partition coefficient (Wildman–Crippen LogP) is 5.96. The van der Waals surface area contributed by atoms with E-state index in [1.165, 1.54) is 0 Å². The SMILES string of the molecule is O[C@H](c1cccnc1-c1cc(Cl)cc(Cl)c1)[C@H](c1cccnc1)N1CCC(F)(F)CC1. The first kappa shape index (κ1) is 22.1. The van der Waals surface area contributed by atoms with E-state index < -0.39 is 18.1 Å². The van der Waals surface area contributed by atoms with Gasteiger partial charge in [0.05, 0.1) is 11.7 Å². The fraction of sp³-hybridized carbons (Fsp3) is 0.304. The predicted molar refractivity (Wildman–Crippen MR) is 117 cm³/mol. The Hall–Kier alpha value is -2.12. The fourth-order valence-electron chi connectivity index (χ4n) is 4.03. The molecule has 0 aliphatic carbocycles. The molecule has 1 aliphatic heterocycles. The number of aliphatic hydroxyl groups excluding tert-OH is 1. The first-order chi connectivity index (χ1) is 14.8. The van der Waals surface area contributed by atoms with Crippen LogP contribution in [0.1, 0.15) is 36.1 Å². The highest BCUT2D eigenvalue weighted by molar-refractivity contribution is 6.35. The summed E-state index contributed by atoms with van der Waals surface area (Å²) in [6.45, 7) is 0.338. The molecule has 2 atom stereocenters. The van der Waals surface area contributed by atoms with Crippen LogP contribution in [0, 0.1) is 0 Å².